The number of benzene rings is 2. The van der Waals surface area contributed by atoms with Gasteiger partial charge in [-0.2, -0.15) is 15.3 Å². The van der Waals surface area contributed by atoms with E-state index in [1.54, 1.807) is 10.9 Å². The summed E-state index contributed by atoms with van der Waals surface area (Å²) in [6.45, 7) is 0.531. The quantitative estimate of drug-likeness (QED) is 0.413. The standard InChI is InChI=1S/C24H22N6O2S/c31-24-23-22(27-30(24)19-10-14-33(32)15-11-19)20-4-1-2-5-21(20)29(26-23)16-17-6-8-18(9-7-17)28-13-3-12-25-28/h1-9,12-13,19H,10-11,14-16H2. The van der Waals surface area contributed by atoms with Crippen molar-refractivity contribution in [2.75, 3.05) is 11.5 Å². The molecule has 3 aromatic rings. The molecule has 0 bridgehead atoms. The van der Waals surface area contributed by atoms with E-state index in [0.717, 1.165) is 22.2 Å². The van der Waals surface area contributed by atoms with Gasteiger partial charge in [0.2, 0.25) is 0 Å². The van der Waals surface area contributed by atoms with E-state index in [2.05, 4.69) is 5.10 Å². The molecule has 6 rings (SSSR count). The Balaban J connectivity index is 1.41. The Labute approximate surface area is 192 Å². The number of hydrogen-bond acceptors (Lipinski definition) is 5. The van der Waals surface area contributed by atoms with Crippen molar-refractivity contribution in [2.24, 2.45) is 0 Å². The number of para-hydroxylation sites is 1. The second-order valence-electron chi connectivity index (χ2n) is 8.32. The highest BCUT2D eigenvalue weighted by atomic mass is 32.2. The lowest BCUT2D eigenvalue weighted by Crippen LogP contribution is -2.29. The van der Waals surface area contributed by atoms with Crippen LogP contribution in [0.25, 0.3) is 28.0 Å². The van der Waals surface area contributed by atoms with Crippen molar-refractivity contribution < 1.29 is 4.21 Å². The van der Waals surface area contributed by atoms with Crippen LogP contribution in [0.15, 0.2) is 71.8 Å². The van der Waals surface area contributed by atoms with Gasteiger partial charge in [0, 0.05) is 40.1 Å². The van der Waals surface area contributed by atoms with Gasteiger partial charge in [-0.3, -0.25) is 13.7 Å². The molecule has 0 spiro atoms. The molecular formula is C24H22N6O2S. The zero-order valence-electron chi connectivity index (χ0n) is 17.9. The molecule has 0 saturated carbocycles. The Morgan fingerprint density at radius 3 is 2.48 bits per heavy atom. The van der Waals surface area contributed by atoms with Crippen molar-refractivity contribution in [2.45, 2.75) is 25.4 Å². The van der Waals surface area contributed by atoms with Crippen LogP contribution in [0.5, 0.6) is 0 Å². The zero-order chi connectivity index (χ0) is 22.4. The molecule has 1 saturated heterocycles. The van der Waals surface area contributed by atoms with E-state index < -0.39 is 10.8 Å². The molecule has 1 fully saturated rings. The van der Waals surface area contributed by atoms with Crippen molar-refractivity contribution >= 4 is 21.7 Å². The van der Waals surface area contributed by atoms with Crippen LogP contribution in [0.3, 0.4) is 0 Å². The summed E-state index contributed by atoms with van der Waals surface area (Å²) in [6.07, 6.45) is 5.07. The smallest absolute Gasteiger partial charge is 0.265 e. The third-order valence-electron chi connectivity index (χ3n) is 6.24. The van der Waals surface area contributed by atoms with Gasteiger partial charge in [-0.05, 0) is 42.7 Å². The molecule has 0 N–H and O–H groups in total. The van der Waals surface area contributed by atoms with Crippen molar-refractivity contribution in [1.29, 1.82) is 0 Å². The van der Waals surface area contributed by atoms with Crippen LogP contribution < -0.4 is 5.56 Å². The van der Waals surface area contributed by atoms with Crippen LogP contribution in [0.4, 0.5) is 0 Å². The molecule has 0 amide bonds. The van der Waals surface area contributed by atoms with Gasteiger partial charge in [-0.1, -0.05) is 30.3 Å². The first-order chi connectivity index (χ1) is 16.2. The number of rotatable bonds is 4. The Kier molecular flexibility index (Phi) is 4.91. The van der Waals surface area contributed by atoms with E-state index in [1.165, 1.54) is 0 Å². The summed E-state index contributed by atoms with van der Waals surface area (Å²) < 4.78 is 17.0. The summed E-state index contributed by atoms with van der Waals surface area (Å²) in [5, 5.41) is 14.6. The average molecular weight is 459 g/mol. The van der Waals surface area contributed by atoms with Crippen molar-refractivity contribution in [3.05, 3.63) is 82.9 Å². The van der Waals surface area contributed by atoms with Crippen molar-refractivity contribution in [3.63, 3.8) is 0 Å². The predicted molar refractivity (Wildman–Crippen MR) is 127 cm³/mol. The van der Waals surface area contributed by atoms with Crippen LogP contribution >= 0.6 is 0 Å². The summed E-state index contributed by atoms with van der Waals surface area (Å²) in [6, 6.07) is 17.9. The number of aromatic nitrogens is 6. The summed E-state index contributed by atoms with van der Waals surface area (Å²) in [5.74, 6) is 1.23. The molecule has 3 aliphatic heterocycles. The van der Waals surface area contributed by atoms with Gasteiger partial charge in [-0.25, -0.2) is 9.36 Å². The Hall–Kier alpha value is -3.59. The van der Waals surface area contributed by atoms with Gasteiger partial charge < -0.3 is 0 Å². The minimum atomic E-state index is -0.788. The lowest BCUT2D eigenvalue weighted by molar-refractivity contribution is 0.413. The molecule has 0 atom stereocenters. The van der Waals surface area contributed by atoms with Crippen LogP contribution in [0, 0.1) is 0 Å². The number of fused-ring (bicyclic) bond motifs is 3. The minimum Gasteiger partial charge on any atom is -0.265 e. The van der Waals surface area contributed by atoms with E-state index >= 15 is 0 Å². The first kappa shape index (κ1) is 20.0. The first-order valence-corrected chi connectivity index (χ1v) is 12.5. The third-order valence-corrected chi connectivity index (χ3v) is 7.62. The molecular weight excluding hydrogens is 436 g/mol. The lowest BCUT2D eigenvalue weighted by Gasteiger charge is -2.20. The summed E-state index contributed by atoms with van der Waals surface area (Å²) in [7, 11) is -0.788. The largest absolute Gasteiger partial charge is 0.297 e. The average Bonchev–Trinajstić information content (AvgIpc) is 3.49. The van der Waals surface area contributed by atoms with Gasteiger partial charge in [0.25, 0.3) is 5.56 Å². The summed E-state index contributed by atoms with van der Waals surface area (Å²) in [4.78, 5) is 13.3. The van der Waals surface area contributed by atoms with E-state index in [-0.39, 0.29) is 11.6 Å². The van der Waals surface area contributed by atoms with Gasteiger partial charge >= 0.3 is 0 Å². The van der Waals surface area contributed by atoms with Crippen LogP contribution in [0.2, 0.25) is 0 Å². The van der Waals surface area contributed by atoms with E-state index in [9.17, 15) is 9.00 Å². The first-order valence-electron chi connectivity index (χ1n) is 11.0. The molecule has 9 heteroatoms. The summed E-state index contributed by atoms with van der Waals surface area (Å²) >= 11 is 0. The van der Waals surface area contributed by atoms with Crippen LogP contribution in [0.1, 0.15) is 24.4 Å². The second-order valence-corrected chi connectivity index (χ2v) is 10.0. The number of nitrogens with zero attached hydrogens (tertiary/aromatic N) is 6. The molecule has 0 aliphatic carbocycles. The predicted octanol–water partition coefficient (Wildman–Crippen LogP) is 3.02. The SMILES string of the molecule is O=c1c2nn(Cc3ccc(-n4cccn4)cc3)c3ccccc3c-2nn1C1CCS(=O)CC1. The van der Waals surface area contributed by atoms with Crippen LogP contribution in [-0.2, 0) is 17.3 Å². The highest BCUT2D eigenvalue weighted by molar-refractivity contribution is 7.85. The summed E-state index contributed by atoms with van der Waals surface area (Å²) in [5.41, 5.74) is 3.83. The highest BCUT2D eigenvalue weighted by Crippen LogP contribution is 2.28. The highest BCUT2D eigenvalue weighted by Gasteiger charge is 2.28. The fourth-order valence-corrected chi connectivity index (χ4v) is 5.77. The zero-order valence-corrected chi connectivity index (χ0v) is 18.7. The molecule has 2 aromatic carbocycles. The van der Waals surface area contributed by atoms with Gasteiger partial charge in [-0.15, -0.1) is 0 Å². The fraction of sp³-hybridized carbons (Fsp3) is 0.250. The third kappa shape index (κ3) is 3.58. The maximum atomic E-state index is 13.3. The van der Waals surface area contributed by atoms with Gasteiger partial charge in [0.1, 0.15) is 5.69 Å². The van der Waals surface area contributed by atoms with Crippen LogP contribution in [-0.4, -0.2) is 45.1 Å². The molecule has 1 aromatic heterocycles. The Morgan fingerprint density at radius 2 is 1.73 bits per heavy atom. The van der Waals surface area contributed by atoms with E-state index in [4.69, 9.17) is 10.2 Å². The van der Waals surface area contributed by atoms with E-state index in [1.807, 2.05) is 70.2 Å². The van der Waals surface area contributed by atoms with Crippen molar-refractivity contribution in [3.8, 4) is 17.1 Å². The minimum absolute atomic E-state index is 0.0218. The second kappa shape index (κ2) is 8.08. The van der Waals surface area contributed by atoms with Gasteiger partial charge in [0.15, 0.2) is 5.69 Å². The molecule has 166 valence electrons. The molecule has 0 unspecified atom stereocenters. The fourth-order valence-electron chi connectivity index (χ4n) is 4.50. The maximum absolute atomic E-state index is 13.3. The normalized spacial score (nSPS) is 18.8. The maximum Gasteiger partial charge on any atom is 0.297 e. The molecule has 3 aliphatic rings. The molecule has 33 heavy (non-hydrogen) atoms. The molecule has 0 radical (unpaired) electrons. The van der Waals surface area contributed by atoms with E-state index in [0.29, 0.717) is 42.3 Å². The topological polar surface area (TPSA) is 87.6 Å². The lowest BCUT2D eigenvalue weighted by atomic mass is 10.1. The Bertz CT molecular complexity index is 1480. The molecule has 8 nitrogen and oxygen atoms in total. The monoisotopic (exact) mass is 458 g/mol. The number of hydrogen-bond donors (Lipinski definition) is 0. The molecule has 4 heterocycles. The van der Waals surface area contributed by atoms with Crippen molar-refractivity contribution in [1.82, 2.24) is 29.3 Å². The van der Waals surface area contributed by atoms with Gasteiger partial charge in [0.05, 0.1) is 23.8 Å². The Morgan fingerprint density at radius 1 is 0.939 bits per heavy atom.